The summed E-state index contributed by atoms with van der Waals surface area (Å²) in [4.78, 5) is 23.4. The Kier molecular flexibility index (Phi) is 6.31. The molecule has 2 aromatic carbocycles. The lowest BCUT2D eigenvalue weighted by molar-refractivity contribution is -0.119. The number of nitrogens with two attached hydrogens (primary N) is 1. The Morgan fingerprint density at radius 2 is 2.03 bits per heavy atom. The van der Waals surface area contributed by atoms with Gasteiger partial charge in [0.2, 0.25) is 0 Å². The van der Waals surface area contributed by atoms with Crippen molar-refractivity contribution in [3.63, 3.8) is 0 Å². The third-order valence-electron chi connectivity index (χ3n) is 4.02. The SMILES string of the molecule is COc1cccc(CNC(=O)Nc2ccc(-c3cn[nH]c3)cc2OCC(N)=O)c1. The number of aromatic nitrogens is 2. The van der Waals surface area contributed by atoms with E-state index in [4.69, 9.17) is 15.2 Å². The fraction of sp³-hybridized carbons (Fsp3) is 0.150. The van der Waals surface area contributed by atoms with Gasteiger partial charge in [-0.25, -0.2) is 4.79 Å². The molecule has 3 rings (SSSR count). The first-order valence-corrected chi connectivity index (χ1v) is 8.77. The Labute approximate surface area is 167 Å². The molecule has 1 aromatic heterocycles. The number of anilines is 1. The topological polar surface area (TPSA) is 131 Å². The molecule has 0 saturated heterocycles. The van der Waals surface area contributed by atoms with Crippen molar-refractivity contribution in [2.45, 2.75) is 6.54 Å². The minimum absolute atomic E-state index is 0.311. The molecule has 0 atom stereocenters. The maximum Gasteiger partial charge on any atom is 0.319 e. The first kappa shape index (κ1) is 19.7. The average molecular weight is 395 g/mol. The monoisotopic (exact) mass is 395 g/mol. The van der Waals surface area contributed by atoms with Crippen LogP contribution in [0, 0.1) is 0 Å². The minimum Gasteiger partial charge on any atom is -0.497 e. The van der Waals surface area contributed by atoms with Crippen LogP contribution in [0.25, 0.3) is 11.1 Å². The number of nitrogens with one attached hydrogen (secondary N) is 3. The van der Waals surface area contributed by atoms with Crippen molar-refractivity contribution in [2.75, 3.05) is 19.0 Å². The third-order valence-corrected chi connectivity index (χ3v) is 4.02. The molecule has 0 radical (unpaired) electrons. The molecular formula is C20H21N5O4. The van der Waals surface area contributed by atoms with Crippen LogP contribution in [0.3, 0.4) is 0 Å². The molecule has 9 heteroatoms. The van der Waals surface area contributed by atoms with Crippen LogP contribution < -0.4 is 25.8 Å². The smallest absolute Gasteiger partial charge is 0.319 e. The number of aromatic amines is 1. The normalized spacial score (nSPS) is 10.2. The molecule has 0 unspecified atom stereocenters. The fourth-order valence-corrected chi connectivity index (χ4v) is 2.61. The van der Waals surface area contributed by atoms with E-state index in [9.17, 15) is 9.59 Å². The lowest BCUT2D eigenvalue weighted by atomic mass is 10.1. The second-order valence-corrected chi connectivity index (χ2v) is 6.11. The van der Waals surface area contributed by atoms with Gasteiger partial charge in [0.05, 0.1) is 19.0 Å². The Bertz CT molecular complexity index is 988. The summed E-state index contributed by atoms with van der Waals surface area (Å²) in [6.07, 6.45) is 3.38. The highest BCUT2D eigenvalue weighted by Gasteiger charge is 2.12. The first-order chi connectivity index (χ1) is 14.0. The van der Waals surface area contributed by atoms with Crippen molar-refractivity contribution < 1.29 is 19.1 Å². The number of primary amides is 1. The minimum atomic E-state index is -0.618. The van der Waals surface area contributed by atoms with Crippen molar-refractivity contribution in [2.24, 2.45) is 5.73 Å². The summed E-state index contributed by atoms with van der Waals surface area (Å²) in [6.45, 7) is 0.00254. The quantitative estimate of drug-likeness (QED) is 0.465. The molecule has 0 aliphatic heterocycles. The zero-order valence-corrected chi connectivity index (χ0v) is 15.8. The number of amides is 3. The van der Waals surface area contributed by atoms with E-state index in [1.807, 2.05) is 24.3 Å². The second-order valence-electron chi connectivity index (χ2n) is 6.11. The van der Waals surface area contributed by atoms with Gasteiger partial charge in [-0.15, -0.1) is 0 Å². The van der Waals surface area contributed by atoms with E-state index in [-0.39, 0.29) is 6.61 Å². The maximum absolute atomic E-state index is 12.3. The predicted octanol–water partition coefficient (Wildman–Crippen LogP) is 2.27. The summed E-state index contributed by atoms with van der Waals surface area (Å²) < 4.78 is 10.6. The number of benzene rings is 2. The summed E-state index contributed by atoms with van der Waals surface area (Å²) in [5.41, 5.74) is 8.11. The molecule has 29 heavy (non-hydrogen) atoms. The van der Waals surface area contributed by atoms with Crippen molar-refractivity contribution >= 4 is 17.6 Å². The standard InChI is InChI=1S/C20H21N5O4/c1-28-16-4-2-3-13(7-16)9-22-20(27)25-17-6-5-14(15-10-23-24-11-15)8-18(17)29-12-19(21)26/h2-8,10-11H,9,12H2,1H3,(H2,21,26)(H,23,24)(H2,22,25,27). The lowest BCUT2D eigenvalue weighted by Gasteiger charge is -2.14. The zero-order chi connectivity index (χ0) is 20.6. The second kappa shape index (κ2) is 9.27. The molecule has 1 heterocycles. The van der Waals surface area contributed by atoms with Crippen LogP contribution in [-0.2, 0) is 11.3 Å². The van der Waals surface area contributed by atoms with Gasteiger partial charge in [0, 0.05) is 18.3 Å². The molecule has 5 N–H and O–H groups in total. The molecule has 0 aliphatic carbocycles. The molecule has 150 valence electrons. The number of urea groups is 1. The number of carbonyl (C=O) groups excluding carboxylic acids is 2. The van der Waals surface area contributed by atoms with Gasteiger partial charge in [-0.2, -0.15) is 5.10 Å². The summed E-state index contributed by atoms with van der Waals surface area (Å²) in [7, 11) is 1.58. The van der Waals surface area contributed by atoms with Gasteiger partial charge in [0.25, 0.3) is 5.91 Å². The molecule has 3 amide bonds. The van der Waals surface area contributed by atoms with Gasteiger partial charge < -0.3 is 25.8 Å². The van der Waals surface area contributed by atoms with Crippen molar-refractivity contribution in [3.05, 3.63) is 60.4 Å². The lowest BCUT2D eigenvalue weighted by Crippen LogP contribution is -2.28. The molecule has 0 fully saturated rings. The van der Waals surface area contributed by atoms with Gasteiger partial charge in [0.15, 0.2) is 6.61 Å². The van der Waals surface area contributed by atoms with E-state index in [1.54, 1.807) is 37.7 Å². The summed E-state index contributed by atoms with van der Waals surface area (Å²) in [5.74, 6) is 0.410. The van der Waals surface area contributed by atoms with Crippen LogP contribution in [0.15, 0.2) is 54.9 Å². The van der Waals surface area contributed by atoms with Crippen LogP contribution in [0.4, 0.5) is 10.5 Å². The number of ether oxygens (including phenoxy) is 2. The third kappa shape index (κ3) is 5.48. The number of rotatable bonds is 8. The Hall–Kier alpha value is -4.01. The highest BCUT2D eigenvalue weighted by molar-refractivity contribution is 5.91. The van der Waals surface area contributed by atoms with Crippen LogP contribution in [0.1, 0.15) is 5.56 Å². The number of nitrogens with zero attached hydrogens (tertiary/aromatic N) is 1. The van der Waals surface area contributed by atoms with Gasteiger partial charge in [-0.3, -0.25) is 9.89 Å². The van der Waals surface area contributed by atoms with Gasteiger partial charge in [-0.1, -0.05) is 18.2 Å². The van der Waals surface area contributed by atoms with Crippen LogP contribution >= 0.6 is 0 Å². The molecule has 9 nitrogen and oxygen atoms in total. The number of hydrogen-bond donors (Lipinski definition) is 4. The molecule has 3 aromatic rings. The summed E-state index contributed by atoms with van der Waals surface area (Å²) in [5, 5.41) is 12.1. The molecule has 0 aliphatic rings. The Morgan fingerprint density at radius 3 is 2.76 bits per heavy atom. The van der Waals surface area contributed by atoms with Crippen LogP contribution in [0.2, 0.25) is 0 Å². The molecule has 0 saturated carbocycles. The first-order valence-electron chi connectivity index (χ1n) is 8.77. The van der Waals surface area contributed by atoms with E-state index in [2.05, 4.69) is 20.8 Å². The van der Waals surface area contributed by atoms with E-state index < -0.39 is 11.9 Å². The highest BCUT2D eigenvalue weighted by atomic mass is 16.5. The predicted molar refractivity (Wildman–Crippen MR) is 108 cm³/mol. The number of carbonyl (C=O) groups is 2. The Morgan fingerprint density at radius 1 is 1.17 bits per heavy atom. The molecule has 0 spiro atoms. The average Bonchev–Trinajstić information content (AvgIpc) is 3.26. The fourth-order valence-electron chi connectivity index (χ4n) is 2.61. The van der Waals surface area contributed by atoms with E-state index in [1.165, 1.54) is 0 Å². The van der Waals surface area contributed by atoms with E-state index in [0.717, 1.165) is 16.7 Å². The van der Waals surface area contributed by atoms with Gasteiger partial charge in [0.1, 0.15) is 11.5 Å². The summed E-state index contributed by atoms with van der Waals surface area (Å²) >= 11 is 0. The van der Waals surface area contributed by atoms with E-state index in [0.29, 0.717) is 23.7 Å². The number of hydrogen-bond acceptors (Lipinski definition) is 5. The Balaban J connectivity index is 1.70. The van der Waals surface area contributed by atoms with E-state index >= 15 is 0 Å². The van der Waals surface area contributed by atoms with Crippen molar-refractivity contribution in [1.82, 2.24) is 15.5 Å². The van der Waals surface area contributed by atoms with Crippen LogP contribution in [-0.4, -0.2) is 35.9 Å². The highest BCUT2D eigenvalue weighted by Crippen LogP contribution is 2.30. The maximum atomic E-state index is 12.3. The summed E-state index contributed by atoms with van der Waals surface area (Å²) in [6, 6.07) is 12.2. The number of H-pyrrole nitrogens is 1. The van der Waals surface area contributed by atoms with Crippen molar-refractivity contribution in [3.8, 4) is 22.6 Å². The number of methoxy groups -OCH3 is 1. The molecular weight excluding hydrogens is 374 g/mol. The largest absolute Gasteiger partial charge is 0.497 e. The zero-order valence-electron chi connectivity index (χ0n) is 15.8. The van der Waals surface area contributed by atoms with Gasteiger partial charge in [-0.05, 0) is 35.4 Å². The van der Waals surface area contributed by atoms with Crippen LogP contribution in [0.5, 0.6) is 11.5 Å². The van der Waals surface area contributed by atoms with Gasteiger partial charge >= 0.3 is 6.03 Å². The van der Waals surface area contributed by atoms with Crippen molar-refractivity contribution in [1.29, 1.82) is 0 Å². The molecule has 0 bridgehead atoms.